The summed E-state index contributed by atoms with van der Waals surface area (Å²) in [5, 5.41) is 0. The van der Waals surface area contributed by atoms with E-state index in [9.17, 15) is 0 Å². The van der Waals surface area contributed by atoms with Crippen molar-refractivity contribution in [3.63, 3.8) is 0 Å². The fourth-order valence-corrected chi connectivity index (χ4v) is 1.06. The standard InChI is InChI=1S/C9H12BrNO/c10-8-4-5-9(12-8)11-6-2-1-3-7-11/h4-5H,1-3,6-7H2/i1D2,2D2,3D2,6D2,7D2. The molecular formula is C9H12BrNO. The second-order valence-corrected chi connectivity index (χ2v) is 2.79. The number of piperidine rings is 1. The Morgan fingerprint density at radius 3 is 2.67 bits per heavy atom. The van der Waals surface area contributed by atoms with Crippen LogP contribution in [0.2, 0.25) is 0 Å². The molecule has 1 aromatic rings. The van der Waals surface area contributed by atoms with E-state index in [-0.39, 0.29) is 9.57 Å². The molecule has 1 fully saturated rings. The zero-order valence-corrected chi connectivity index (χ0v) is 7.47. The van der Waals surface area contributed by atoms with Crippen molar-refractivity contribution in [2.45, 2.75) is 19.1 Å². The first-order valence-corrected chi connectivity index (χ1v) is 3.97. The van der Waals surface area contributed by atoms with Crippen molar-refractivity contribution in [1.29, 1.82) is 0 Å². The molecule has 0 amide bonds. The van der Waals surface area contributed by atoms with E-state index in [0.717, 1.165) is 6.07 Å². The van der Waals surface area contributed by atoms with Gasteiger partial charge < -0.3 is 9.32 Å². The Bertz CT molecular complexity index is 567. The molecule has 0 spiro atoms. The highest BCUT2D eigenvalue weighted by Crippen LogP contribution is 2.24. The van der Waals surface area contributed by atoms with Crippen LogP contribution in [0.1, 0.15) is 32.8 Å². The first kappa shape index (κ1) is 2.53. The van der Waals surface area contributed by atoms with Crippen LogP contribution in [0.5, 0.6) is 0 Å². The maximum atomic E-state index is 7.92. The van der Waals surface area contributed by atoms with Gasteiger partial charge in [-0.3, -0.25) is 0 Å². The van der Waals surface area contributed by atoms with Crippen LogP contribution in [0.4, 0.5) is 5.88 Å². The molecule has 0 radical (unpaired) electrons. The van der Waals surface area contributed by atoms with Gasteiger partial charge in [-0.2, -0.15) is 0 Å². The monoisotopic (exact) mass is 239 g/mol. The first-order chi connectivity index (χ1) is 9.62. The molecule has 0 saturated carbocycles. The van der Waals surface area contributed by atoms with E-state index in [1.165, 1.54) is 6.07 Å². The van der Waals surface area contributed by atoms with E-state index in [1.807, 2.05) is 0 Å². The SMILES string of the molecule is [2H]C1([2H])N(c2ccc(Br)o2)C([2H])([2H])C([2H])([2H])C([2H])([2H])C1([2H])[2H]. The van der Waals surface area contributed by atoms with Crippen LogP contribution in [-0.4, -0.2) is 13.0 Å². The summed E-state index contributed by atoms with van der Waals surface area (Å²) >= 11 is 2.95. The van der Waals surface area contributed by atoms with E-state index in [2.05, 4.69) is 15.9 Å². The van der Waals surface area contributed by atoms with Crippen molar-refractivity contribution in [2.24, 2.45) is 0 Å². The van der Waals surface area contributed by atoms with Gasteiger partial charge in [-0.25, -0.2) is 0 Å². The maximum absolute atomic E-state index is 7.92. The van der Waals surface area contributed by atoms with Crippen LogP contribution < -0.4 is 4.90 Å². The summed E-state index contributed by atoms with van der Waals surface area (Å²) in [5.41, 5.74) is 0. The van der Waals surface area contributed by atoms with Crippen LogP contribution in [0.3, 0.4) is 0 Å². The molecule has 66 valence electrons. The van der Waals surface area contributed by atoms with Gasteiger partial charge in [0.05, 0.1) is 0 Å². The van der Waals surface area contributed by atoms with Gasteiger partial charge in [0.1, 0.15) is 0 Å². The summed E-state index contributed by atoms with van der Waals surface area (Å²) in [4.78, 5) is 0.173. The molecule has 2 nitrogen and oxygen atoms in total. The lowest BCUT2D eigenvalue weighted by molar-refractivity contribution is 0.488. The fourth-order valence-electron chi connectivity index (χ4n) is 0.762. The molecule has 0 aliphatic carbocycles. The molecule has 1 aliphatic heterocycles. The molecule has 0 unspecified atom stereocenters. The lowest BCUT2D eigenvalue weighted by Gasteiger charge is -2.25. The molecule has 0 atom stereocenters. The van der Waals surface area contributed by atoms with Crippen LogP contribution in [0.15, 0.2) is 21.2 Å². The first-order valence-electron chi connectivity index (χ1n) is 8.18. The zero-order chi connectivity index (χ0) is 17.4. The van der Waals surface area contributed by atoms with Gasteiger partial charge in [-0.1, -0.05) is 0 Å². The number of furan rings is 1. The molecule has 12 heavy (non-hydrogen) atoms. The molecule has 1 saturated heterocycles. The summed E-state index contributed by atoms with van der Waals surface area (Å²) in [5.74, 6) is -0.454. The number of nitrogens with zero attached hydrogens (tertiary/aromatic N) is 1. The average molecular weight is 240 g/mol. The minimum absolute atomic E-state index is 0.115. The highest BCUT2D eigenvalue weighted by molar-refractivity contribution is 9.10. The Balaban J connectivity index is 2.77. The molecule has 0 N–H and O–H groups in total. The quantitative estimate of drug-likeness (QED) is 0.750. The van der Waals surface area contributed by atoms with E-state index in [4.69, 9.17) is 18.1 Å². The summed E-state index contributed by atoms with van der Waals surface area (Å²) in [6.07, 6.45) is -10.1. The number of halogens is 1. The van der Waals surface area contributed by atoms with Crippen LogP contribution in [0, 0.1) is 0 Å². The molecule has 2 rings (SSSR count). The predicted octanol–water partition coefficient (Wildman–Crippen LogP) is 3.03. The topological polar surface area (TPSA) is 16.4 Å². The van der Waals surface area contributed by atoms with Gasteiger partial charge >= 0.3 is 0 Å². The second kappa shape index (κ2) is 3.52. The molecule has 0 bridgehead atoms. The minimum atomic E-state index is -3.42. The van der Waals surface area contributed by atoms with Crippen molar-refractivity contribution >= 4 is 21.8 Å². The highest BCUT2D eigenvalue weighted by Gasteiger charge is 2.13. The molecule has 1 aromatic heterocycles. The van der Waals surface area contributed by atoms with E-state index in [0.29, 0.717) is 0 Å². The lowest BCUT2D eigenvalue weighted by Crippen LogP contribution is -2.28. The number of rotatable bonds is 1. The second-order valence-electron chi connectivity index (χ2n) is 2.01. The third-order valence-corrected chi connectivity index (χ3v) is 1.67. The third kappa shape index (κ3) is 1.66. The summed E-state index contributed by atoms with van der Waals surface area (Å²) < 4.78 is 83.2. The molecule has 0 aromatic carbocycles. The molecular weight excluding hydrogens is 218 g/mol. The Morgan fingerprint density at radius 1 is 1.33 bits per heavy atom. The third-order valence-electron chi connectivity index (χ3n) is 1.24. The molecule has 3 heteroatoms. The predicted molar refractivity (Wildman–Crippen MR) is 52.5 cm³/mol. The van der Waals surface area contributed by atoms with Crippen molar-refractivity contribution in [3.05, 3.63) is 16.8 Å². The summed E-state index contributed by atoms with van der Waals surface area (Å²) in [6.45, 7) is -6.41. The van der Waals surface area contributed by atoms with Gasteiger partial charge in [-0.15, -0.1) is 0 Å². The van der Waals surface area contributed by atoms with Crippen molar-refractivity contribution in [2.75, 3.05) is 17.9 Å². The summed E-state index contributed by atoms with van der Waals surface area (Å²) in [7, 11) is 0. The van der Waals surface area contributed by atoms with E-state index < -0.39 is 38.0 Å². The van der Waals surface area contributed by atoms with Gasteiger partial charge in [0.2, 0.25) is 0 Å². The largest absolute Gasteiger partial charge is 0.434 e. The lowest BCUT2D eigenvalue weighted by atomic mass is 10.1. The fraction of sp³-hybridized carbons (Fsp3) is 0.556. The zero-order valence-electron chi connectivity index (χ0n) is 15.9. The highest BCUT2D eigenvalue weighted by atomic mass is 79.9. The maximum Gasteiger partial charge on any atom is 0.196 e. The average Bonchev–Trinajstić information content (AvgIpc) is 2.72. The minimum Gasteiger partial charge on any atom is -0.434 e. The summed E-state index contributed by atoms with van der Waals surface area (Å²) in [6, 6.07) is 2.46. The van der Waals surface area contributed by atoms with Gasteiger partial charge in [0, 0.05) is 32.8 Å². The van der Waals surface area contributed by atoms with Crippen molar-refractivity contribution in [1.82, 2.24) is 0 Å². The van der Waals surface area contributed by atoms with Gasteiger partial charge in [-0.05, 0) is 41.1 Å². The number of hydrogen-bond donors (Lipinski definition) is 0. The smallest absolute Gasteiger partial charge is 0.196 e. The van der Waals surface area contributed by atoms with Gasteiger partial charge in [0.15, 0.2) is 10.6 Å². The number of anilines is 1. The van der Waals surface area contributed by atoms with Crippen molar-refractivity contribution < 1.29 is 18.1 Å². The van der Waals surface area contributed by atoms with Gasteiger partial charge in [0.25, 0.3) is 0 Å². The van der Waals surface area contributed by atoms with Crippen LogP contribution in [0.25, 0.3) is 0 Å². The normalized spacial score (nSPS) is 51.6. The molecule has 1 aliphatic rings. The Hall–Kier alpha value is -0.440. The Morgan fingerprint density at radius 2 is 2.08 bits per heavy atom. The Kier molecular flexibility index (Phi) is 0.743. The molecule has 2 heterocycles. The number of hydrogen-bond acceptors (Lipinski definition) is 2. The van der Waals surface area contributed by atoms with Crippen LogP contribution in [-0.2, 0) is 0 Å². The Labute approximate surface area is 94.7 Å². The van der Waals surface area contributed by atoms with Crippen LogP contribution >= 0.6 is 15.9 Å². The van der Waals surface area contributed by atoms with Crippen molar-refractivity contribution in [3.8, 4) is 0 Å². The van der Waals surface area contributed by atoms with E-state index >= 15 is 0 Å². The van der Waals surface area contributed by atoms with E-state index in [1.54, 1.807) is 0 Å².